The molecule has 0 saturated carbocycles. The van der Waals surface area contributed by atoms with Crippen molar-refractivity contribution >= 4 is 30.0 Å². The lowest BCUT2D eigenvalue weighted by Gasteiger charge is -2.19. The first-order chi connectivity index (χ1) is 10.6. The molecule has 1 aromatic heterocycles. The van der Waals surface area contributed by atoms with Crippen LogP contribution in [0.1, 0.15) is 18.7 Å². The Labute approximate surface area is 144 Å². The predicted molar refractivity (Wildman–Crippen MR) is 87.9 cm³/mol. The Balaban J connectivity index is 0.00000192. The van der Waals surface area contributed by atoms with Gasteiger partial charge in [0.05, 0.1) is 0 Å². The van der Waals surface area contributed by atoms with Crippen molar-refractivity contribution in [1.82, 2.24) is 15.0 Å². The van der Waals surface area contributed by atoms with Gasteiger partial charge in [-0.2, -0.15) is 4.98 Å². The van der Waals surface area contributed by atoms with Crippen LogP contribution in [-0.4, -0.2) is 45.2 Å². The molecule has 6 nitrogen and oxygen atoms in total. The SMILES string of the molecule is Cl.O=C(O)[C@H]1CCCN1CCc1nc(-c2cccc(Cl)c2)no1. The summed E-state index contributed by atoms with van der Waals surface area (Å²) < 4.78 is 5.24. The Morgan fingerprint density at radius 2 is 2.30 bits per heavy atom. The van der Waals surface area contributed by atoms with Gasteiger partial charge in [0, 0.05) is 23.6 Å². The summed E-state index contributed by atoms with van der Waals surface area (Å²) in [5, 5.41) is 13.7. The first-order valence-electron chi connectivity index (χ1n) is 7.19. The fourth-order valence-corrected chi connectivity index (χ4v) is 2.90. The van der Waals surface area contributed by atoms with Crippen LogP contribution < -0.4 is 0 Å². The van der Waals surface area contributed by atoms with Crippen LogP contribution >= 0.6 is 24.0 Å². The van der Waals surface area contributed by atoms with Gasteiger partial charge in [0.1, 0.15) is 6.04 Å². The number of nitrogens with zero attached hydrogens (tertiary/aromatic N) is 3. The van der Waals surface area contributed by atoms with Crippen molar-refractivity contribution in [1.29, 1.82) is 0 Å². The number of likely N-dealkylation sites (tertiary alicyclic amines) is 1. The standard InChI is InChI=1S/C15H16ClN3O3.ClH/c16-11-4-1-3-10(9-11)14-17-13(22-18-14)6-8-19-7-2-5-12(19)15(20)21;/h1,3-4,9,12H,2,5-8H2,(H,20,21);1H/t12-;/m1./s1. The second-order valence-electron chi connectivity index (χ2n) is 5.30. The van der Waals surface area contributed by atoms with Gasteiger partial charge in [0.2, 0.25) is 11.7 Å². The lowest BCUT2D eigenvalue weighted by atomic mass is 10.2. The van der Waals surface area contributed by atoms with Crippen LogP contribution in [-0.2, 0) is 11.2 Å². The van der Waals surface area contributed by atoms with Crippen LogP contribution in [0.2, 0.25) is 5.02 Å². The molecule has 1 saturated heterocycles. The number of carboxylic acids is 1. The van der Waals surface area contributed by atoms with Crippen LogP contribution in [0.25, 0.3) is 11.4 Å². The lowest BCUT2D eigenvalue weighted by Crippen LogP contribution is -2.37. The molecule has 2 heterocycles. The number of hydrogen-bond acceptors (Lipinski definition) is 5. The Hall–Kier alpha value is -1.63. The van der Waals surface area contributed by atoms with Crippen molar-refractivity contribution in [3.63, 3.8) is 0 Å². The molecule has 0 bridgehead atoms. The number of halogens is 2. The third-order valence-electron chi connectivity index (χ3n) is 3.81. The third kappa shape index (κ3) is 4.22. The van der Waals surface area contributed by atoms with E-state index in [9.17, 15) is 4.79 Å². The van der Waals surface area contributed by atoms with Gasteiger partial charge in [-0.1, -0.05) is 28.9 Å². The Morgan fingerprint density at radius 1 is 1.48 bits per heavy atom. The largest absolute Gasteiger partial charge is 0.480 e. The van der Waals surface area contributed by atoms with Gasteiger partial charge in [-0.3, -0.25) is 9.69 Å². The van der Waals surface area contributed by atoms with E-state index in [-0.39, 0.29) is 12.4 Å². The fourth-order valence-electron chi connectivity index (χ4n) is 2.71. The van der Waals surface area contributed by atoms with Crippen molar-refractivity contribution < 1.29 is 14.4 Å². The average molecular weight is 358 g/mol. The number of benzene rings is 1. The van der Waals surface area contributed by atoms with Crippen molar-refractivity contribution in [3.05, 3.63) is 35.2 Å². The quantitative estimate of drug-likeness (QED) is 0.885. The highest BCUT2D eigenvalue weighted by Gasteiger charge is 2.30. The normalized spacial score (nSPS) is 17.9. The van der Waals surface area contributed by atoms with E-state index in [0.717, 1.165) is 18.5 Å². The van der Waals surface area contributed by atoms with E-state index < -0.39 is 12.0 Å². The van der Waals surface area contributed by atoms with Gasteiger partial charge >= 0.3 is 5.97 Å². The third-order valence-corrected chi connectivity index (χ3v) is 4.05. The zero-order chi connectivity index (χ0) is 15.5. The van der Waals surface area contributed by atoms with E-state index in [1.54, 1.807) is 12.1 Å². The lowest BCUT2D eigenvalue weighted by molar-refractivity contribution is -0.142. The molecule has 0 amide bonds. The van der Waals surface area contributed by atoms with Gasteiger partial charge in [-0.25, -0.2) is 0 Å². The minimum absolute atomic E-state index is 0. The van der Waals surface area contributed by atoms with Crippen molar-refractivity contribution in [2.45, 2.75) is 25.3 Å². The van der Waals surface area contributed by atoms with Gasteiger partial charge in [-0.15, -0.1) is 12.4 Å². The van der Waals surface area contributed by atoms with Crippen molar-refractivity contribution in [2.24, 2.45) is 0 Å². The van der Waals surface area contributed by atoms with Crippen LogP contribution in [0.5, 0.6) is 0 Å². The molecule has 2 aromatic rings. The highest BCUT2D eigenvalue weighted by Crippen LogP contribution is 2.21. The van der Waals surface area contributed by atoms with Crippen molar-refractivity contribution in [3.8, 4) is 11.4 Å². The highest BCUT2D eigenvalue weighted by atomic mass is 35.5. The number of aliphatic carboxylic acids is 1. The summed E-state index contributed by atoms with van der Waals surface area (Å²) in [6, 6.07) is 6.86. The van der Waals surface area contributed by atoms with E-state index >= 15 is 0 Å². The maximum absolute atomic E-state index is 11.1. The smallest absolute Gasteiger partial charge is 0.320 e. The number of hydrogen-bond donors (Lipinski definition) is 1. The zero-order valence-electron chi connectivity index (χ0n) is 12.3. The van der Waals surface area contributed by atoms with Crippen LogP contribution in [0.4, 0.5) is 0 Å². The molecule has 1 aliphatic rings. The van der Waals surface area contributed by atoms with Crippen molar-refractivity contribution in [2.75, 3.05) is 13.1 Å². The topological polar surface area (TPSA) is 79.5 Å². The molecule has 0 aliphatic carbocycles. The summed E-state index contributed by atoms with van der Waals surface area (Å²) in [5.74, 6) is 0.238. The van der Waals surface area contributed by atoms with Gasteiger partial charge in [0.25, 0.3) is 0 Å². The molecule has 124 valence electrons. The van der Waals surface area contributed by atoms with Crippen LogP contribution in [0.3, 0.4) is 0 Å². The van der Waals surface area contributed by atoms with Gasteiger partial charge < -0.3 is 9.63 Å². The molecular formula is C15H17Cl2N3O3. The molecule has 3 rings (SSSR count). The molecule has 0 radical (unpaired) electrons. The second-order valence-corrected chi connectivity index (χ2v) is 5.74. The molecule has 1 aliphatic heterocycles. The molecule has 1 aromatic carbocycles. The summed E-state index contributed by atoms with van der Waals surface area (Å²) >= 11 is 5.95. The number of aromatic nitrogens is 2. The van der Waals surface area contributed by atoms with E-state index in [1.165, 1.54) is 0 Å². The first-order valence-corrected chi connectivity index (χ1v) is 7.56. The molecule has 8 heteroatoms. The summed E-state index contributed by atoms with van der Waals surface area (Å²) in [6.07, 6.45) is 2.15. The monoisotopic (exact) mass is 357 g/mol. The summed E-state index contributed by atoms with van der Waals surface area (Å²) in [4.78, 5) is 17.4. The van der Waals surface area contributed by atoms with E-state index in [0.29, 0.717) is 36.1 Å². The molecule has 1 atom stereocenters. The zero-order valence-corrected chi connectivity index (χ0v) is 13.9. The van der Waals surface area contributed by atoms with E-state index in [4.69, 9.17) is 21.2 Å². The molecule has 0 spiro atoms. The average Bonchev–Trinajstić information content (AvgIpc) is 3.14. The van der Waals surface area contributed by atoms with Gasteiger partial charge in [0.15, 0.2) is 0 Å². The summed E-state index contributed by atoms with van der Waals surface area (Å²) in [5.41, 5.74) is 0.798. The molecule has 23 heavy (non-hydrogen) atoms. The Morgan fingerprint density at radius 3 is 3.04 bits per heavy atom. The Kier molecular flexibility index (Phi) is 5.98. The van der Waals surface area contributed by atoms with E-state index in [2.05, 4.69) is 10.1 Å². The molecule has 0 unspecified atom stereocenters. The van der Waals surface area contributed by atoms with Crippen LogP contribution in [0, 0.1) is 0 Å². The predicted octanol–water partition coefficient (Wildman–Crippen LogP) is 2.90. The first kappa shape index (κ1) is 17.7. The minimum Gasteiger partial charge on any atom is -0.480 e. The number of carboxylic acid groups (broad SMARTS) is 1. The minimum atomic E-state index is -0.761. The maximum atomic E-state index is 11.1. The molecular weight excluding hydrogens is 341 g/mol. The van der Waals surface area contributed by atoms with Crippen LogP contribution in [0.15, 0.2) is 28.8 Å². The number of rotatable bonds is 5. The second kappa shape index (κ2) is 7.77. The molecule has 1 N–H and O–H groups in total. The number of carbonyl (C=O) groups is 1. The summed E-state index contributed by atoms with van der Waals surface area (Å²) in [6.45, 7) is 1.40. The van der Waals surface area contributed by atoms with E-state index in [1.807, 2.05) is 17.0 Å². The summed E-state index contributed by atoms with van der Waals surface area (Å²) in [7, 11) is 0. The molecule has 1 fully saturated rings. The fraction of sp³-hybridized carbons (Fsp3) is 0.400. The van der Waals surface area contributed by atoms with Gasteiger partial charge in [-0.05, 0) is 31.5 Å². The Bertz CT molecular complexity index is 677. The maximum Gasteiger partial charge on any atom is 0.320 e. The highest BCUT2D eigenvalue weighted by molar-refractivity contribution is 6.30.